The number of hydrogen-bond donors (Lipinski definition) is 2. The van der Waals surface area contributed by atoms with Gasteiger partial charge in [-0.05, 0) is 37.5 Å². The lowest BCUT2D eigenvalue weighted by Gasteiger charge is -2.25. The minimum atomic E-state index is -0.581. The topological polar surface area (TPSA) is 96.8 Å². The van der Waals surface area contributed by atoms with Crippen molar-refractivity contribution >= 4 is 39.9 Å². The number of rotatable bonds is 6. The summed E-state index contributed by atoms with van der Waals surface area (Å²) in [6.07, 6.45) is 3.57. The van der Waals surface area contributed by atoms with Gasteiger partial charge in [0, 0.05) is 18.0 Å². The van der Waals surface area contributed by atoms with Crippen molar-refractivity contribution in [1.82, 2.24) is 14.9 Å². The first-order valence-electron chi connectivity index (χ1n) is 10.6. The molecule has 1 atom stereocenters. The molecule has 2 aromatic carbocycles. The van der Waals surface area contributed by atoms with E-state index in [1.54, 1.807) is 29.2 Å². The molecule has 1 saturated heterocycles. The molecule has 174 valence electrons. The molecule has 1 fully saturated rings. The number of nitrogens with one attached hydrogen (secondary N) is 1. The average molecular weight is 475 g/mol. The third-order valence-electron chi connectivity index (χ3n) is 5.54. The van der Waals surface area contributed by atoms with E-state index in [1.807, 2.05) is 0 Å². The number of carbonyl (C=O) groups is 1. The maximum Gasteiger partial charge on any atom is 0.248 e. The highest BCUT2D eigenvalue weighted by atomic mass is 35.5. The van der Waals surface area contributed by atoms with E-state index in [2.05, 4.69) is 15.3 Å². The molecule has 0 saturated carbocycles. The molecule has 3 aromatic rings. The molecule has 1 aromatic heterocycles. The summed E-state index contributed by atoms with van der Waals surface area (Å²) in [5.41, 5.74) is 0.764. The van der Waals surface area contributed by atoms with E-state index >= 15 is 0 Å². The van der Waals surface area contributed by atoms with Gasteiger partial charge in [0.2, 0.25) is 5.91 Å². The van der Waals surface area contributed by atoms with Crippen LogP contribution in [0.4, 0.5) is 15.9 Å². The quantitative estimate of drug-likeness (QED) is 0.558. The smallest absolute Gasteiger partial charge is 0.248 e. The summed E-state index contributed by atoms with van der Waals surface area (Å²) < 4.78 is 26.2. The normalized spacial score (nSPS) is 16.4. The molecular formula is C23H24ClFN4O4. The number of amides is 1. The number of likely N-dealkylation sites (tertiary alicyclic amines) is 1. The van der Waals surface area contributed by atoms with Crippen molar-refractivity contribution in [3.8, 4) is 11.5 Å². The van der Waals surface area contributed by atoms with Crippen molar-refractivity contribution < 1.29 is 23.8 Å². The fourth-order valence-electron chi connectivity index (χ4n) is 3.85. The van der Waals surface area contributed by atoms with E-state index in [4.69, 9.17) is 21.1 Å². The zero-order valence-electron chi connectivity index (χ0n) is 18.1. The number of hydrogen-bond acceptors (Lipinski definition) is 7. The minimum Gasteiger partial charge on any atom is -0.493 e. The standard InChI is InChI=1S/C23H24ClFN4O4/c1-32-19-10-18-15(23(27-13-26-18)28-17-7-4-6-16(24)22(17)25)9-20(19)33-14-5-2-3-8-29(11-14)21(31)12-30/h4,6-7,9-10,13-14,30H,2-3,5,8,11-12H2,1H3,(H,26,27,28). The average Bonchev–Trinajstić information content (AvgIpc) is 3.07. The largest absolute Gasteiger partial charge is 0.493 e. The second-order valence-electron chi connectivity index (χ2n) is 7.70. The SMILES string of the molecule is COc1cc2ncnc(Nc3cccc(Cl)c3F)c2cc1OC1CCCCN(C(=O)CO)C1. The van der Waals surface area contributed by atoms with Gasteiger partial charge in [-0.1, -0.05) is 17.7 Å². The Balaban J connectivity index is 1.67. The van der Waals surface area contributed by atoms with Crippen molar-refractivity contribution in [1.29, 1.82) is 0 Å². The molecule has 2 N–H and O–H groups in total. The molecule has 1 unspecified atom stereocenters. The Kier molecular flexibility index (Phi) is 7.10. The Hall–Kier alpha value is -3.17. The highest BCUT2D eigenvalue weighted by Crippen LogP contribution is 2.36. The van der Waals surface area contributed by atoms with Gasteiger partial charge in [0.1, 0.15) is 24.9 Å². The van der Waals surface area contributed by atoms with Crippen LogP contribution < -0.4 is 14.8 Å². The molecule has 10 heteroatoms. The maximum absolute atomic E-state index is 14.4. The molecule has 1 aliphatic heterocycles. The number of carbonyl (C=O) groups excluding carboxylic acids is 1. The summed E-state index contributed by atoms with van der Waals surface area (Å²) in [7, 11) is 1.53. The highest BCUT2D eigenvalue weighted by Gasteiger charge is 2.24. The Morgan fingerprint density at radius 1 is 1.30 bits per heavy atom. The third kappa shape index (κ3) is 5.09. The van der Waals surface area contributed by atoms with E-state index in [-0.39, 0.29) is 22.7 Å². The van der Waals surface area contributed by atoms with Gasteiger partial charge in [-0.15, -0.1) is 0 Å². The number of anilines is 2. The van der Waals surface area contributed by atoms with E-state index in [9.17, 15) is 14.3 Å². The molecule has 0 spiro atoms. The number of aliphatic hydroxyl groups excluding tert-OH is 1. The molecule has 2 heterocycles. The van der Waals surface area contributed by atoms with Crippen LogP contribution in [0.3, 0.4) is 0 Å². The molecule has 1 amide bonds. The van der Waals surface area contributed by atoms with Gasteiger partial charge < -0.3 is 24.8 Å². The predicted molar refractivity (Wildman–Crippen MR) is 123 cm³/mol. The zero-order valence-corrected chi connectivity index (χ0v) is 18.8. The summed E-state index contributed by atoms with van der Waals surface area (Å²) in [4.78, 5) is 22.2. The number of fused-ring (bicyclic) bond motifs is 1. The predicted octanol–water partition coefficient (Wildman–Crippen LogP) is 3.93. The lowest BCUT2D eigenvalue weighted by molar-refractivity contribution is -0.135. The first-order chi connectivity index (χ1) is 16.0. The van der Waals surface area contributed by atoms with Crippen LogP contribution in [0, 0.1) is 5.82 Å². The number of aliphatic hydroxyl groups is 1. The van der Waals surface area contributed by atoms with Crippen LogP contribution in [0.5, 0.6) is 11.5 Å². The van der Waals surface area contributed by atoms with E-state index in [0.29, 0.717) is 41.3 Å². The fraction of sp³-hybridized carbons (Fsp3) is 0.348. The van der Waals surface area contributed by atoms with Crippen LogP contribution in [0.1, 0.15) is 19.3 Å². The summed E-state index contributed by atoms with van der Waals surface area (Å²) in [6.45, 7) is 0.421. The van der Waals surface area contributed by atoms with Crippen molar-refractivity contribution in [3.63, 3.8) is 0 Å². The van der Waals surface area contributed by atoms with Crippen LogP contribution in [0.2, 0.25) is 5.02 Å². The lowest BCUT2D eigenvalue weighted by Crippen LogP contribution is -2.39. The number of nitrogens with zero attached hydrogens (tertiary/aromatic N) is 3. The van der Waals surface area contributed by atoms with Crippen molar-refractivity contribution in [2.75, 3.05) is 32.1 Å². The molecule has 33 heavy (non-hydrogen) atoms. The first kappa shape index (κ1) is 23.0. The molecule has 0 bridgehead atoms. The van der Waals surface area contributed by atoms with Gasteiger partial charge in [-0.25, -0.2) is 14.4 Å². The summed E-state index contributed by atoms with van der Waals surface area (Å²) in [5.74, 6) is 0.414. The van der Waals surface area contributed by atoms with Gasteiger partial charge >= 0.3 is 0 Å². The lowest BCUT2D eigenvalue weighted by atomic mass is 10.1. The number of halogens is 2. The van der Waals surface area contributed by atoms with E-state index < -0.39 is 12.4 Å². The van der Waals surface area contributed by atoms with Crippen molar-refractivity contribution in [2.45, 2.75) is 25.4 Å². The van der Waals surface area contributed by atoms with Gasteiger partial charge in [0.25, 0.3) is 0 Å². The van der Waals surface area contributed by atoms with Crippen LogP contribution in [-0.2, 0) is 4.79 Å². The Morgan fingerprint density at radius 3 is 2.94 bits per heavy atom. The molecular weight excluding hydrogens is 451 g/mol. The monoisotopic (exact) mass is 474 g/mol. The highest BCUT2D eigenvalue weighted by molar-refractivity contribution is 6.31. The first-order valence-corrected chi connectivity index (χ1v) is 11.0. The second kappa shape index (κ2) is 10.2. The van der Waals surface area contributed by atoms with E-state index in [1.165, 1.54) is 19.5 Å². The number of ether oxygens (including phenoxy) is 2. The van der Waals surface area contributed by atoms with Crippen LogP contribution in [0.15, 0.2) is 36.7 Å². The third-order valence-corrected chi connectivity index (χ3v) is 5.83. The number of benzene rings is 2. The van der Waals surface area contributed by atoms with Crippen LogP contribution in [-0.4, -0.2) is 58.8 Å². The Labute approximate surface area is 195 Å². The summed E-state index contributed by atoms with van der Waals surface area (Å²) >= 11 is 5.90. The van der Waals surface area contributed by atoms with Crippen LogP contribution in [0.25, 0.3) is 10.9 Å². The van der Waals surface area contributed by atoms with Gasteiger partial charge in [-0.2, -0.15) is 0 Å². The Bertz CT molecular complexity index is 1160. The summed E-state index contributed by atoms with van der Waals surface area (Å²) in [6, 6.07) is 8.13. The van der Waals surface area contributed by atoms with Gasteiger partial charge in [-0.3, -0.25) is 4.79 Å². The van der Waals surface area contributed by atoms with Gasteiger partial charge in [0.15, 0.2) is 17.3 Å². The van der Waals surface area contributed by atoms with Crippen molar-refractivity contribution in [3.05, 3.63) is 47.5 Å². The number of methoxy groups -OCH3 is 1. The second-order valence-corrected chi connectivity index (χ2v) is 8.11. The maximum atomic E-state index is 14.4. The molecule has 0 radical (unpaired) electrons. The Morgan fingerprint density at radius 2 is 2.15 bits per heavy atom. The molecule has 0 aliphatic carbocycles. The van der Waals surface area contributed by atoms with Crippen molar-refractivity contribution in [2.24, 2.45) is 0 Å². The fourth-order valence-corrected chi connectivity index (χ4v) is 4.02. The zero-order chi connectivity index (χ0) is 23.4. The summed E-state index contributed by atoms with van der Waals surface area (Å²) in [5, 5.41) is 12.8. The van der Waals surface area contributed by atoms with Crippen LogP contribution >= 0.6 is 11.6 Å². The van der Waals surface area contributed by atoms with Gasteiger partial charge in [0.05, 0.1) is 29.9 Å². The molecule has 1 aliphatic rings. The number of aromatic nitrogens is 2. The minimum absolute atomic E-state index is 0.000558. The molecule has 8 nitrogen and oxygen atoms in total. The van der Waals surface area contributed by atoms with E-state index in [0.717, 1.165) is 19.3 Å². The molecule has 4 rings (SSSR count).